The van der Waals surface area contributed by atoms with Crippen molar-refractivity contribution < 1.29 is 14.1 Å². The highest BCUT2D eigenvalue weighted by Crippen LogP contribution is 2.17. The van der Waals surface area contributed by atoms with Crippen LogP contribution >= 0.6 is 11.8 Å². The van der Waals surface area contributed by atoms with Crippen LogP contribution < -0.4 is 10.2 Å². The Labute approximate surface area is 140 Å². The Morgan fingerprint density at radius 2 is 1.96 bits per heavy atom. The number of rotatable bonds is 7. The maximum Gasteiger partial charge on any atom is 0.279 e. The molecule has 5 heteroatoms. The van der Waals surface area contributed by atoms with Gasteiger partial charge >= 0.3 is 0 Å². The molecule has 0 radical (unpaired) electrons. The van der Waals surface area contributed by atoms with Crippen LogP contribution in [0.15, 0.2) is 53.4 Å². The first-order chi connectivity index (χ1) is 11.0. The summed E-state index contributed by atoms with van der Waals surface area (Å²) in [6.45, 7) is 3.32. The van der Waals surface area contributed by atoms with Crippen molar-refractivity contribution in [1.82, 2.24) is 0 Å². The lowest BCUT2D eigenvalue weighted by Crippen LogP contribution is -3.10. The first kappa shape index (κ1) is 17.5. The van der Waals surface area contributed by atoms with Crippen LogP contribution in [0.2, 0.25) is 0 Å². The Morgan fingerprint density at radius 3 is 2.65 bits per heavy atom. The van der Waals surface area contributed by atoms with Crippen molar-refractivity contribution in [2.75, 3.05) is 31.2 Å². The molecule has 2 N–H and O–H groups in total. The second-order valence-corrected chi connectivity index (χ2v) is 6.77. The van der Waals surface area contributed by atoms with E-state index in [1.54, 1.807) is 23.9 Å². The molecule has 0 aliphatic heterocycles. The van der Waals surface area contributed by atoms with Gasteiger partial charge in [-0.05, 0) is 37.3 Å². The molecule has 3 nitrogen and oxygen atoms in total. The van der Waals surface area contributed by atoms with Crippen molar-refractivity contribution in [3.05, 3.63) is 59.9 Å². The molecule has 0 fully saturated rings. The fourth-order valence-corrected chi connectivity index (χ4v) is 3.13. The number of aryl methyl sites for hydroxylation is 1. The highest BCUT2D eigenvalue weighted by Gasteiger charge is 2.10. The summed E-state index contributed by atoms with van der Waals surface area (Å²) in [6.07, 6.45) is 0. The quantitative estimate of drug-likeness (QED) is 0.763. The van der Waals surface area contributed by atoms with Crippen LogP contribution in [0.3, 0.4) is 0 Å². The molecular formula is C18H22FN2OS+. The average molecular weight is 333 g/mol. The van der Waals surface area contributed by atoms with Gasteiger partial charge in [0.15, 0.2) is 6.54 Å². The Balaban J connectivity index is 1.70. The monoisotopic (exact) mass is 333 g/mol. The maximum atomic E-state index is 13.1. The number of anilines is 1. The summed E-state index contributed by atoms with van der Waals surface area (Å²) in [4.78, 5) is 14.3. The fourth-order valence-electron chi connectivity index (χ4n) is 2.11. The molecule has 0 heterocycles. The maximum absolute atomic E-state index is 13.1. The van der Waals surface area contributed by atoms with Gasteiger partial charge in [0.2, 0.25) is 0 Å². The Bertz CT molecular complexity index is 646. The molecule has 2 rings (SSSR count). The summed E-state index contributed by atoms with van der Waals surface area (Å²) in [5.74, 6) is 0.494. The predicted octanol–water partition coefficient (Wildman–Crippen LogP) is 2.38. The molecule has 0 aliphatic rings. The van der Waals surface area contributed by atoms with E-state index in [2.05, 4.69) is 36.5 Å². The molecule has 1 amide bonds. The van der Waals surface area contributed by atoms with Gasteiger partial charge in [0.25, 0.3) is 5.91 Å². The van der Waals surface area contributed by atoms with Gasteiger partial charge in [-0.25, -0.2) is 4.39 Å². The van der Waals surface area contributed by atoms with Gasteiger partial charge in [0.05, 0.1) is 13.6 Å². The van der Waals surface area contributed by atoms with E-state index in [0.717, 1.165) is 17.2 Å². The first-order valence-corrected chi connectivity index (χ1v) is 8.57. The number of hydrogen-bond acceptors (Lipinski definition) is 2. The van der Waals surface area contributed by atoms with Crippen LogP contribution in [0.5, 0.6) is 0 Å². The molecule has 2 aromatic carbocycles. The summed E-state index contributed by atoms with van der Waals surface area (Å²) in [5.41, 5.74) is 1.75. The zero-order valence-corrected chi connectivity index (χ0v) is 14.3. The molecule has 1 unspecified atom stereocenters. The van der Waals surface area contributed by atoms with Crippen molar-refractivity contribution >= 4 is 23.4 Å². The minimum absolute atomic E-state index is 0.103. The van der Waals surface area contributed by atoms with E-state index in [9.17, 15) is 9.18 Å². The molecule has 0 saturated carbocycles. The summed E-state index contributed by atoms with van der Waals surface area (Å²) in [7, 11) is 1.99. The van der Waals surface area contributed by atoms with Gasteiger partial charge in [-0.2, -0.15) is 0 Å². The molecule has 23 heavy (non-hydrogen) atoms. The van der Waals surface area contributed by atoms with E-state index in [0.29, 0.717) is 12.2 Å². The van der Waals surface area contributed by atoms with Gasteiger partial charge in [-0.1, -0.05) is 23.8 Å². The topological polar surface area (TPSA) is 33.5 Å². The molecule has 2 aromatic rings. The SMILES string of the molecule is Cc1ccc(SCC[NH+](C)CC(=O)Nc2cccc(F)c2)cc1. The van der Waals surface area contributed by atoms with E-state index in [-0.39, 0.29) is 11.7 Å². The zero-order chi connectivity index (χ0) is 16.7. The number of halogens is 1. The van der Waals surface area contributed by atoms with Gasteiger partial charge < -0.3 is 10.2 Å². The van der Waals surface area contributed by atoms with Gasteiger partial charge in [-0.3, -0.25) is 4.79 Å². The second-order valence-electron chi connectivity index (χ2n) is 5.60. The summed E-state index contributed by atoms with van der Waals surface area (Å²) in [5, 5.41) is 2.72. The Morgan fingerprint density at radius 1 is 1.22 bits per heavy atom. The lowest BCUT2D eigenvalue weighted by atomic mass is 10.2. The second kappa shape index (κ2) is 8.70. The number of amides is 1. The molecule has 0 saturated heterocycles. The lowest BCUT2D eigenvalue weighted by molar-refractivity contribution is -0.868. The molecular weight excluding hydrogens is 311 g/mol. The van der Waals surface area contributed by atoms with Crippen molar-refractivity contribution in [3.63, 3.8) is 0 Å². The van der Waals surface area contributed by atoms with Crippen molar-refractivity contribution in [1.29, 1.82) is 0 Å². The minimum atomic E-state index is -0.349. The van der Waals surface area contributed by atoms with Gasteiger partial charge in [0, 0.05) is 16.3 Å². The predicted molar refractivity (Wildman–Crippen MR) is 93.6 cm³/mol. The minimum Gasteiger partial charge on any atom is -0.329 e. The zero-order valence-electron chi connectivity index (χ0n) is 13.4. The van der Waals surface area contributed by atoms with Gasteiger partial charge in [-0.15, -0.1) is 11.8 Å². The number of carbonyl (C=O) groups excluding carboxylic acids is 1. The lowest BCUT2D eigenvalue weighted by Gasteiger charge is -2.13. The number of likely N-dealkylation sites (N-methyl/N-ethyl adjacent to an activating group) is 1. The third kappa shape index (κ3) is 6.42. The highest BCUT2D eigenvalue weighted by molar-refractivity contribution is 7.99. The van der Waals surface area contributed by atoms with Gasteiger partial charge in [0.1, 0.15) is 5.82 Å². The number of hydrogen-bond donors (Lipinski definition) is 2. The van der Waals surface area contributed by atoms with E-state index in [4.69, 9.17) is 0 Å². The number of carbonyl (C=O) groups is 1. The first-order valence-electron chi connectivity index (χ1n) is 7.59. The Hall–Kier alpha value is -1.85. The summed E-state index contributed by atoms with van der Waals surface area (Å²) >= 11 is 1.79. The van der Waals surface area contributed by atoms with Crippen LogP contribution in [-0.2, 0) is 4.79 Å². The number of nitrogens with one attached hydrogen (secondary N) is 2. The smallest absolute Gasteiger partial charge is 0.279 e. The molecule has 0 aromatic heterocycles. The van der Waals surface area contributed by atoms with Crippen LogP contribution in [-0.4, -0.2) is 31.8 Å². The van der Waals surface area contributed by atoms with Crippen LogP contribution in [0, 0.1) is 12.7 Å². The molecule has 0 aliphatic carbocycles. The number of benzene rings is 2. The molecule has 1 atom stereocenters. The summed E-state index contributed by atoms with van der Waals surface area (Å²) < 4.78 is 13.1. The summed E-state index contributed by atoms with van der Waals surface area (Å²) in [6, 6.07) is 14.4. The van der Waals surface area contributed by atoms with Crippen LogP contribution in [0.1, 0.15) is 5.56 Å². The van der Waals surface area contributed by atoms with E-state index in [1.807, 2.05) is 7.05 Å². The van der Waals surface area contributed by atoms with Crippen molar-refractivity contribution in [2.45, 2.75) is 11.8 Å². The Kier molecular flexibility index (Phi) is 6.62. The standard InChI is InChI=1S/C18H21FN2OS/c1-14-6-8-17(9-7-14)23-11-10-21(2)13-18(22)20-16-5-3-4-15(19)12-16/h3-9,12H,10-11,13H2,1-2H3,(H,20,22)/p+1. The number of quaternary nitrogens is 1. The number of thioether (sulfide) groups is 1. The van der Waals surface area contributed by atoms with Crippen molar-refractivity contribution in [3.8, 4) is 0 Å². The fraction of sp³-hybridized carbons (Fsp3) is 0.278. The highest BCUT2D eigenvalue weighted by atomic mass is 32.2. The third-order valence-corrected chi connectivity index (χ3v) is 4.40. The third-order valence-electron chi connectivity index (χ3n) is 3.39. The van der Waals surface area contributed by atoms with Crippen molar-refractivity contribution in [2.24, 2.45) is 0 Å². The largest absolute Gasteiger partial charge is 0.329 e. The molecule has 0 spiro atoms. The van der Waals surface area contributed by atoms with E-state index in [1.165, 1.54) is 22.6 Å². The molecule has 0 bridgehead atoms. The van der Waals surface area contributed by atoms with Crippen LogP contribution in [0.25, 0.3) is 0 Å². The molecule has 122 valence electrons. The van der Waals surface area contributed by atoms with Crippen LogP contribution in [0.4, 0.5) is 10.1 Å². The average Bonchev–Trinajstić information content (AvgIpc) is 2.49. The van der Waals surface area contributed by atoms with E-state index < -0.39 is 0 Å². The van der Waals surface area contributed by atoms with E-state index >= 15 is 0 Å². The normalized spacial score (nSPS) is 12.0.